The summed E-state index contributed by atoms with van der Waals surface area (Å²) in [6, 6.07) is 0. The van der Waals surface area contributed by atoms with Crippen molar-refractivity contribution in [3.63, 3.8) is 0 Å². The molecule has 6 heteroatoms. The van der Waals surface area contributed by atoms with Crippen LogP contribution in [0.4, 0.5) is 5.82 Å². The van der Waals surface area contributed by atoms with Crippen LogP contribution in [0.3, 0.4) is 0 Å². The molecule has 2 N–H and O–H groups in total. The second-order valence-corrected chi connectivity index (χ2v) is 5.80. The second-order valence-electron chi connectivity index (χ2n) is 5.80. The highest BCUT2D eigenvalue weighted by Crippen LogP contribution is 2.37. The summed E-state index contributed by atoms with van der Waals surface area (Å²) in [7, 11) is 1.90. The summed E-state index contributed by atoms with van der Waals surface area (Å²) in [5.41, 5.74) is 14.1. The van der Waals surface area contributed by atoms with Crippen LogP contribution >= 0.6 is 0 Å². The maximum atomic E-state index is 6.13. The lowest BCUT2D eigenvalue weighted by Crippen LogP contribution is -2.07. The lowest BCUT2D eigenvalue weighted by atomic mass is 9.99. The fraction of sp³-hybridized carbons (Fsp3) is 0.176. The maximum Gasteiger partial charge on any atom is 0.154 e. The van der Waals surface area contributed by atoms with Gasteiger partial charge in [0.1, 0.15) is 5.69 Å². The number of aromatic nitrogens is 4. The summed E-state index contributed by atoms with van der Waals surface area (Å²) < 4.78 is 1.82. The van der Waals surface area contributed by atoms with E-state index in [0.717, 1.165) is 44.8 Å². The molecule has 114 valence electrons. The number of fused-ring (bicyclic) bond motifs is 1. The highest BCUT2D eigenvalue weighted by atomic mass is 15.3. The zero-order chi connectivity index (χ0) is 16.1. The van der Waals surface area contributed by atoms with Gasteiger partial charge in [0.25, 0.3) is 0 Å². The molecule has 0 spiro atoms. The number of hydrogen-bond acceptors (Lipinski definition) is 5. The molecular formula is C17H16N6. The summed E-state index contributed by atoms with van der Waals surface area (Å²) in [5.74, 6) is 0.437. The Labute approximate surface area is 133 Å². The Kier molecular flexibility index (Phi) is 2.81. The molecular weight excluding hydrogens is 288 g/mol. The number of nitrogen functional groups attached to an aromatic ring is 1. The number of nitrogens with zero attached hydrogens (tertiary/aromatic N) is 5. The van der Waals surface area contributed by atoms with Gasteiger partial charge in [-0.1, -0.05) is 0 Å². The highest BCUT2D eigenvalue weighted by Gasteiger charge is 2.22. The van der Waals surface area contributed by atoms with Crippen LogP contribution in [0, 0.1) is 13.8 Å². The largest absolute Gasteiger partial charge is 0.382 e. The molecule has 0 fully saturated rings. The lowest BCUT2D eigenvalue weighted by molar-refractivity contribution is 0.769. The molecule has 1 aliphatic carbocycles. The normalized spacial score (nSPS) is 15.5. The maximum absolute atomic E-state index is 6.13. The van der Waals surface area contributed by atoms with Crippen LogP contribution < -0.4 is 5.73 Å². The Balaban J connectivity index is 1.91. The minimum atomic E-state index is 0.437. The van der Waals surface area contributed by atoms with Crippen molar-refractivity contribution >= 4 is 17.6 Å². The molecule has 0 radical (unpaired) electrons. The van der Waals surface area contributed by atoms with Crippen molar-refractivity contribution in [2.45, 2.75) is 13.8 Å². The van der Waals surface area contributed by atoms with Crippen molar-refractivity contribution in [3.8, 4) is 11.4 Å². The third kappa shape index (κ3) is 1.95. The first-order valence-corrected chi connectivity index (χ1v) is 7.35. The molecule has 4 rings (SSSR count). The highest BCUT2D eigenvalue weighted by molar-refractivity contribution is 6.01. The zero-order valence-corrected chi connectivity index (χ0v) is 13.2. The van der Waals surface area contributed by atoms with E-state index in [1.165, 1.54) is 0 Å². The van der Waals surface area contributed by atoms with Gasteiger partial charge < -0.3 is 5.73 Å². The van der Waals surface area contributed by atoms with Gasteiger partial charge >= 0.3 is 0 Å². The topological polar surface area (TPSA) is 82.0 Å². The monoisotopic (exact) mass is 304 g/mol. The third-order valence-electron chi connectivity index (χ3n) is 4.26. The molecule has 0 bridgehead atoms. The summed E-state index contributed by atoms with van der Waals surface area (Å²) in [6.45, 7) is 4.04. The van der Waals surface area contributed by atoms with Crippen LogP contribution in [0.5, 0.6) is 0 Å². The van der Waals surface area contributed by atoms with Gasteiger partial charge in [-0.05, 0) is 42.7 Å². The second kappa shape index (κ2) is 4.74. The molecule has 2 aromatic rings. The molecule has 1 aliphatic heterocycles. The van der Waals surface area contributed by atoms with Gasteiger partial charge in [-0.2, -0.15) is 5.10 Å². The lowest BCUT2D eigenvalue weighted by Gasteiger charge is -2.13. The van der Waals surface area contributed by atoms with E-state index < -0.39 is 0 Å². The van der Waals surface area contributed by atoms with Gasteiger partial charge in [-0.3, -0.25) is 9.67 Å². The number of aliphatic imine (C=N–C) groups is 1. The van der Waals surface area contributed by atoms with E-state index in [-0.39, 0.29) is 0 Å². The van der Waals surface area contributed by atoms with E-state index in [0.29, 0.717) is 5.82 Å². The number of nitrogens with two attached hydrogens (primary N) is 1. The van der Waals surface area contributed by atoms with Gasteiger partial charge in [0, 0.05) is 36.2 Å². The van der Waals surface area contributed by atoms with Crippen LogP contribution in [0.15, 0.2) is 40.7 Å². The summed E-state index contributed by atoms with van der Waals surface area (Å²) in [5, 5.41) is 12.8. The van der Waals surface area contributed by atoms with E-state index in [1.54, 1.807) is 0 Å². The van der Waals surface area contributed by atoms with Crippen LogP contribution in [-0.2, 0) is 7.05 Å². The third-order valence-corrected chi connectivity index (χ3v) is 4.26. The molecule has 0 aromatic carbocycles. The summed E-state index contributed by atoms with van der Waals surface area (Å²) >= 11 is 0. The van der Waals surface area contributed by atoms with Crippen LogP contribution in [-0.4, -0.2) is 26.2 Å². The Bertz CT molecular complexity index is 936. The quantitative estimate of drug-likeness (QED) is 0.923. The Hall–Kier alpha value is -3.02. The first-order valence-electron chi connectivity index (χ1n) is 7.35. The predicted molar refractivity (Wildman–Crippen MR) is 90.8 cm³/mol. The van der Waals surface area contributed by atoms with Crippen molar-refractivity contribution < 1.29 is 0 Å². The van der Waals surface area contributed by atoms with Crippen molar-refractivity contribution in [2.24, 2.45) is 12.0 Å². The standard InChI is InChI=1S/C17H16N6/c1-9-6-20-23(3)16(9)15-10(2)14(17(18)22-21-15)11-4-12-7-19-8-13(12)5-11/h4-8H,1-3H3,(H2,18,22). The first kappa shape index (κ1) is 13.6. The molecule has 6 nitrogen and oxygen atoms in total. The molecule has 0 saturated carbocycles. The van der Waals surface area contributed by atoms with Crippen molar-refractivity contribution in [1.82, 2.24) is 20.0 Å². The molecule has 0 saturated heterocycles. The van der Waals surface area contributed by atoms with Gasteiger partial charge in [0.15, 0.2) is 5.82 Å². The van der Waals surface area contributed by atoms with Crippen molar-refractivity contribution in [3.05, 3.63) is 52.4 Å². The van der Waals surface area contributed by atoms with Crippen LogP contribution in [0.2, 0.25) is 0 Å². The minimum absolute atomic E-state index is 0.437. The Morgan fingerprint density at radius 3 is 2.52 bits per heavy atom. The van der Waals surface area contributed by atoms with Gasteiger partial charge in [-0.15, -0.1) is 10.2 Å². The molecule has 0 amide bonds. The van der Waals surface area contributed by atoms with E-state index in [9.17, 15) is 0 Å². The van der Waals surface area contributed by atoms with Crippen LogP contribution in [0.1, 0.15) is 16.7 Å². The van der Waals surface area contributed by atoms with Crippen LogP contribution in [0.25, 0.3) is 17.0 Å². The number of anilines is 1. The molecule has 0 atom stereocenters. The predicted octanol–water partition coefficient (Wildman–Crippen LogP) is 2.37. The smallest absolute Gasteiger partial charge is 0.154 e. The average molecular weight is 304 g/mol. The Morgan fingerprint density at radius 2 is 1.83 bits per heavy atom. The molecule has 23 heavy (non-hydrogen) atoms. The van der Waals surface area contributed by atoms with Gasteiger partial charge in [0.05, 0.1) is 11.9 Å². The number of hydrogen-bond donors (Lipinski definition) is 1. The van der Waals surface area contributed by atoms with Crippen molar-refractivity contribution in [1.29, 1.82) is 0 Å². The summed E-state index contributed by atoms with van der Waals surface area (Å²) in [4.78, 5) is 4.15. The van der Waals surface area contributed by atoms with E-state index >= 15 is 0 Å². The first-order chi connectivity index (χ1) is 11.1. The number of rotatable bonds is 2. The fourth-order valence-corrected chi connectivity index (χ4v) is 3.13. The molecule has 3 heterocycles. The summed E-state index contributed by atoms with van der Waals surface area (Å²) in [6.07, 6.45) is 9.70. The SMILES string of the molecule is Cc1cnn(C)c1-c1nnc(N)c(C2=CC3=CN=CC3=C2)c1C. The minimum Gasteiger partial charge on any atom is -0.382 e. The van der Waals surface area contributed by atoms with Gasteiger partial charge in [0.2, 0.25) is 0 Å². The number of aryl methyl sites for hydroxylation is 2. The van der Waals surface area contributed by atoms with E-state index in [4.69, 9.17) is 5.73 Å². The molecule has 2 aromatic heterocycles. The van der Waals surface area contributed by atoms with E-state index in [2.05, 4.69) is 32.4 Å². The zero-order valence-electron chi connectivity index (χ0n) is 13.2. The molecule has 2 aliphatic rings. The number of allylic oxidation sites excluding steroid dienone is 5. The van der Waals surface area contributed by atoms with Gasteiger partial charge in [-0.25, -0.2) is 0 Å². The Morgan fingerprint density at radius 1 is 1.04 bits per heavy atom. The fourth-order valence-electron chi connectivity index (χ4n) is 3.13. The average Bonchev–Trinajstić information content (AvgIpc) is 3.16. The van der Waals surface area contributed by atoms with Crippen molar-refractivity contribution in [2.75, 3.05) is 5.73 Å². The van der Waals surface area contributed by atoms with E-state index in [1.807, 2.05) is 44.2 Å². The molecule has 0 unspecified atom stereocenters.